The second-order valence-corrected chi connectivity index (χ2v) is 5.48. The lowest BCUT2D eigenvalue weighted by molar-refractivity contribution is 0.484. The van der Waals surface area contributed by atoms with Crippen LogP contribution in [-0.2, 0) is 13.1 Å². The van der Waals surface area contributed by atoms with Crippen LogP contribution in [0.25, 0.3) is 11.3 Å². The number of aryl methyl sites for hydroxylation is 1. The lowest BCUT2D eigenvalue weighted by Crippen LogP contribution is -2.15. The van der Waals surface area contributed by atoms with Crippen molar-refractivity contribution in [2.45, 2.75) is 19.5 Å². The summed E-state index contributed by atoms with van der Waals surface area (Å²) >= 11 is 6.18. The molecule has 0 aliphatic rings. The fourth-order valence-corrected chi connectivity index (χ4v) is 2.52. The number of rotatable bonds is 7. The maximum atomic E-state index is 6.18. The summed E-state index contributed by atoms with van der Waals surface area (Å²) < 4.78 is 7.91. The molecule has 4 nitrogen and oxygen atoms in total. The number of nitrogens with zero attached hydrogens (tertiary/aromatic N) is 2. The van der Waals surface area contributed by atoms with E-state index >= 15 is 0 Å². The zero-order valence-electron chi connectivity index (χ0n) is 13.0. The Balaban J connectivity index is 0.00000144. The third kappa shape index (κ3) is 5.56. The maximum absolute atomic E-state index is 6.18. The van der Waals surface area contributed by atoms with Gasteiger partial charge in [0.2, 0.25) is 0 Å². The first-order valence-corrected chi connectivity index (χ1v) is 7.71. The molecule has 1 N–H and O–H groups in total. The number of hydrogen-bond acceptors (Lipinski definition) is 3. The Hall–Kier alpha value is -1.46. The summed E-state index contributed by atoms with van der Waals surface area (Å²) in [6.07, 6.45) is 6.66. The smallest absolute Gasteiger partial charge is 0.135 e. The lowest BCUT2D eigenvalue weighted by atomic mass is 10.2. The van der Waals surface area contributed by atoms with E-state index in [1.807, 2.05) is 48.9 Å². The molecule has 0 aliphatic heterocycles. The Labute approximate surface area is 159 Å². The third-order valence-corrected chi connectivity index (χ3v) is 3.76. The van der Waals surface area contributed by atoms with E-state index in [1.54, 1.807) is 6.20 Å². The number of hydrogen-bond donors (Lipinski definition) is 1. The van der Waals surface area contributed by atoms with E-state index in [0.29, 0.717) is 11.6 Å². The van der Waals surface area contributed by atoms with Crippen LogP contribution < -0.4 is 5.32 Å². The zero-order chi connectivity index (χ0) is 15.2. The highest BCUT2D eigenvalue weighted by Crippen LogP contribution is 2.28. The standard InChI is InChI=1S/C17H18ClN3O.2ClH/c18-16-5-2-1-4-15(16)17-7-6-14(22-17)12-19-8-3-10-21-11-9-20-13-21;;/h1-2,4-7,9,11,13,19H,3,8,10,12H2;2*1H. The highest BCUT2D eigenvalue weighted by Gasteiger charge is 2.07. The minimum atomic E-state index is 0. The predicted octanol–water partition coefficient (Wildman–Crippen LogP) is 4.82. The van der Waals surface area contributed by atoms with Gasteiger partial charge in [0.15, 0.2) is 0 Å². The Kier molecular flexibility index (Phi) is 8.93. The lowest BCUT2D eigenvalue weighted by Gasteiger charge is -2.04. The Morgan fingerprint density at radius 3 is 2.71 bits per heavy atom. The van der Waals surface area contributed by atoms with Crippen molar-refractivity contribution in [2.24, 2.45) is 0 Å². The van der Waals surface area contributed by atoms with Gasteiger partial charge < -0.3 is 14.3 Å². The van der Waals surface area contributed by atoms with Crippen LogP contribution in [0.2, 0.25) is 5.02 Å². The van der Waals surface area contributed by atoms with Gasteiger partial charge in [-0.15, -0.1) is 24.8 Å². The molecule has 7 heteroatoms. The molecule has 0 spiro atoms. The van der Waals surface area contributed by atoms with Crippen LogP contribution in [-0.4, -0.2) is 16.1 Å². The van der Waals surface area contributed by atoms with E-state index in [9.17, 15) is 0 Å². The Morgan fingerprint density at radius 1 is 1.12 bits per heavy atom. The van der Waals surface area contributed by atoms with E-state index in [-0.39, 0.29) is 24.8 Å². The summed E-state index contributed by atoms with van der Waals surface area (Å²) in [5.41, 5.74) is 0.926. The minimum Gasteiger partial charge on any atom is -0.460 e. The molecule has 0 saturated carbocycles. The molecule has 0 atom stereocenters. The van der Waals surface area contributed by atoms with E-state index in [4.69, 9.17) is 16.0 Å². The van der Waals surface area contributed by atoms with Crippen LogP contribution in [0, 0.1) is 0 Å². The Morgan fingerprint density at radius 2 is 1.96 bits per heavy atom. The van der Waals surface area contributed by atoms with Crippen LogP contribution in [0.1, 0.15) is 12.2 Å². The number of halogens is 3. The van der Waals surface area contributed by atoms with Crippen LogP contribution in [0.15, 0.2) is 59.5 Å². The molecule has 0 fully saturated rings. The van der Waals surface area contributed by atoms with Gasteiger partial charge in [0.25, 0.3) is 0 Å². The first-order chi connectivity index (χ1) is 10.8. The summed E-state index contributed by atoms with van der Waals surface area (Å²) in [7, 11) is 0. The average molecular weight is 389 g/mol. The van der Waals surface area contributed by atoms with Crippen molar-refractivity contribution in [3.63, 3.8) is 0 Å². The van der Waals surface area contributed by atoms with E-state index in [0.717, 1.165) is 36.6 Å². The molecule has 0 radical (unpaired) electrons. The van der Waals surface area contributed by atoms with Crippen molar-refractivity contribution < 1.29 is 4.42 Å². The molecule has 0 saturated heterocycles. The first-order valence-electron chi connectivity index (χ1n) is 7.33. The summed E-state index contributed by atoms with van der Waals surface area (Å²) in [5, 5.41) is 4.09. The zero-order valence-corrected chi connectivity index (χ0v) is 15.4. The molecule has 2 heterocycles. The van der Waals surface area contributed by atoms with Gasteiger partial charge in [-0.2, -0.15) is 0 Å². The molecule has 2 aromatic heterocycles. The summed E-state index contributed by atoms with van der Waals surface area (Å²) in [6.45, 7) is 2.62. The van der Waals surface area contributed by atoms with E-state index in [1.165, 1.54) is 0 Å². The molecule has 0 unspecified atom stereocenters. The molecule has 1 aromatic carbocycles. The van der Waals surface area contributed by atoms with Crippen molar-refractivity contribution in [2.75, 3.05) is 6.54 Å². The highest BCUT2D eigenvalue weighted by molar-refractivity contribution is 6.33. The summed E-state index contributed by atoms with van der Waals surface area (Å²) in [6, 6.07) is 11.7. The fourth-order valence-electron chi connectivity index (χ4n) is 2.30. The van der Waals surface area contributed by atoms with Crippen molar-refractivity contribution in [1.29, 1.82) is 0 Å². The molecular weight excluding hydrogens is 369 g/mol. The summed E-state index contributed by atoms with van der Waals surface area (Å²) in [5.74, 6) is 1.72. The average Bonchev–Trinajstić information content (AvgIpc) is 3.19. The summed E-state index contributed by atoms with van der Waals surface area (Å²) in [4.78, 5) is 4.02. The van der Waals surface area contributed by atoms with Gasteiger partial charge in [-0.1, -0.05) is 23.7 Å². The van der Waals surface area contributed by atoms with Crippen molar-refractivity contribution in [3.05, 3.63) is 65.9 Å². The number of nitrogens with one attached hydrogen (secondary N) is 1. The maximum Gasteiger partial charge on any atom is 0.135 e. The monoisotopic (exact) mass is 387 g/mol. The number of benzene rings is 1. The van der Waals surface area contributed by atoms with Gasteiger partial charge in [0.05, 0.1) is 17.9 Å². The van der Waals surface area contributed by atoms with Crippen LogP contribution in [0.3, 0.4) is 0 Å². The normalized spacial score (nSPS) is 10.0. The number of imidazole rings is 1. The molecule has 0 amide bonds. The molecule has 0 aliphatic carbocycles. The molecular formula is C17H20Cl3N3O. The van der Waals surface area contributed by atoms with Gasteiger partial charge in [-0.05, 0) is 37.2 Å². The number of aromatic nitrogens is 2. The largest absolute Gasteiger partial charge is 0.460 e. The molecule has 3 rings (SSSR count). The van der Waals surface area contributed by atoms with Crippen molar-refractivity contribution >= 4 is 36.4 Å². The van der Waals surface area contributed by atoms with Gasteiger partial charge in [-0.25, -0.2) is 4.98 Å². The third-order valence-electron chi connectivity index (χ3n) is 3.43. The molecule has 0 bridgehead atoms. The second kappa shape index (κ2) is 10.4. The van der Waals surface area contributed by atoms with E-state index < -0.39 is 0 Å². The fraction of sp³-hybridized carbons (Fsp3) is 0.235. The number of furan rings is 1. The van der Waals surface area contributed by atoms with Gasteiger partial charge in [0.1, 0.15) is 11.5 Å². The molecule has 130 valence electrons. The Bertz CT molecular complexity index is 713. The van der Waals surface area contributed by atoms with Gasteiger partial charge in [0, 0.05) is 24.5 Å². The van der Waals surface area contributed by atoms with Crippen LogP contribution in [0.4, 0.5) is 0 Å². The van der Waals surface area contributed by atoms with Gasteiger partial charge in [-0.3, -0.25) is 0 Å². The quantitative estimate of drug-likeness (QED) is 0.590. The molecule has 24 heavy (non-hydrogen) atoms. The van der Waals surface area contributed by atoms with Crippen molar-refractivity contribution in [3.8, 4) is 11.3 Å². The second-order valence-electron chi connectivity index (χ2n) is 5.08. The molecule has 3 aromatic rings. The highest BCUT2D eigenvalue weighted by atomic mass is 35.5. The van der Waals surface area contributed by atoms with Crippen LogP contribution in [0.5, 0.6) is 0 Å². The first kappa shape index (κ1) is 20.6. The van der Waals surface area contributed by atoms with Crippen LogP contribution >= 0.6 is 36.4 Å². The minimum absolute atomic E-state index is 0. The van der Waals surface area contributed by atoms with E-state index in [2.05, 4.69) is 14.9 Å². The van der Waals surface area contributed by atoms with Gasteiger partial charge >= 0.3 is 0 Å². The van der Waals surface area contributed by atoms with Crippen molar-refractivity contribution in [1.82, 2.24) is 14.9 Å². The predicted molar refractivity (Wildman–Crippen MR) is 102 cm³/mol. The topological polar surface area (TPSA) is 43.0 Å². The SMILES string of the molecule is Cl.Cl.Clc1ccccc1-c1ccc(CNCCCn2ccnc2)o1.